The number of hydrogen-bond acceptors (Lipinski definition) is 3. The third-order valence-corrected chi connectivity index (χ3v) is 3.20. The molecule has 4 heteroatoms. The number of rotatable bonds is 4. The Morgan fingerprint density at radius 3 is 2.53 bits per heavy atom. The van der Waals surface area contributed by atoms with Crippen molar-refractivity contribution in [1.82, 2.24) is 4.90 Å². The molecule has 1 aliphatic rings. The van der Waals surface area contributed by atoms with Crippen LogP contribution in [0.2, 0.25) is 0 Å². The number of nitrogens with two attached hydrogens (primary N) is 1. The molecular weight excluding hydrogens is 192 g/mol. The van der Waals surface area contributed by atoms with E-state index in [1.54, 1.807) is 7.11 Å². The summed E-state index contributed by atoms with van der Waals surface area (Å²) in [5.41, 5.74) is 5.83. The molecule has 1 rings (SSSR count). The second-order valence-electron chi connectivity index (χ2n) is 4.32. The van der Waals surface area contributed by atoms with E-state index in [4.69, 9.17) is 10.5 Å². The average Bonchev–Trinajstić information content (AvgIpc) is 2.26. The van der Waals surface area contributed by atoms with Gasteiger partial charge in [0.1, 0.15) is 0 Å². The van der Waals surface area contributed by atoms with Crippen LogP contribution in [0.3, 0.4) is 0 Å². The van der Waals surface area contributed by atoms with Crippen LogP contribution in [0.5, 0.6) is 0 Å². The van der Waals surface area contributed by atoms with Gasteiger partial charge in [0.15, 0.2) is 0 Å². The molecule has 0 aromatic carbocycles. The molecule has 0 heterocycles. The SMILES string of the molecule is COCCC(=O)N(C)C1CCC(N)CC1. The minimum Gasteiger partial charge on any atom is -0.384 e. The van der Waals surface area contributed by atoms with Crippen molar-refractivity contribution in [3.63, 3.8) is 0 Å². The van der Waals surface area contributed by atoms with Gasteiger partial charge in [-0.15, -0.1) is 0 Å². The van der Waals surface area contributed by atoms with Crippen LogP contribution in [0.25, 0.3) is 0 Å². The lowest BCUT2D eigenvalue weighted by Gasteiger charge is -2.33. The van der Waals surface area contributed by atoms with Gasteiger partial charge in [-0.25, -0.2) is 0 Å². The Hall–Kier alpha value is -0.610. The maximum atomic E-state index is 11.7. The molecule has 88 valence electrons. The van der Waals surface area contributed by atoms with Crippen molar-refractivity contribution in [3.8, 4) is 0 Å². The number of hydrogen-bond donors (Lipinski definition) is 1. The summed E-state index contributed by atoms with van der Waals surface area (Å²) in [5.74, 6) is 0.178. The van der Waals surface area contributed by atoms with Gasteiger partial charge in [0.25, 0.3) is 0 Å². The highest BCUT2D eigenvalue weighted by Crippen LogP contribution is 2.21. The number of ether oxygens (including phenoxy) is 1. The van der Waals surface area contributed by atoms with E-state index in [2.05, 4.69) is 0 Å². The summed E-state index contributed by atoms with van der Waals surface area (Å²) >= 11 is 0. The van der Waals surface area contributed by atoms with E-state index in [0.29, 0.717) is 25.1 Å². The number of nitrogens with zero attached hydrogens (tertiary/aromatic N) is 1. The monoisotopic (exact) mass is 214 g/mol. The van der Waals surface area contributed by atoms with Gasteiger partial charge in [-0.2, -0.15) is 0 Å². The Balaban J connectivity index is 2.32. The third-order valence-electron chi connectivity index (χ3n) is 3.20. The summed E-state index contributed by atoms with van der Waals surface area (Å²) in [6, 6.07) is 0.720. The fourth-order valence-electron chi connectivity index (χ4n) is 2.06. The molecule has 0 bridgehead atoms. The van der Waals surface area contributed by atoms with Crippen LogP contribution in [0.15, 0.2) is 0 Å². The Morgan fingerprint density at radius 1 is 1.40 bits per heavy atom. The third kappa shape index (κ3) is 3.80. The Bertz CT molecular complexity index is 201. The summed E-state index contributed by atoms with van der Waals surface area (Å²) in [6.07, 6.45) is 4.63. The van der Waals surface area contributed by atoms with Crippen molar-refractivity contribution >= 4 is 5.91 Å². The molecule has 15 heavy (non-hydrogen) atoms. The highest BCUT2D eigenvalue weighted by Gasteiger charge is 2.24. The van der Waals surface area contributed by atoms with Gasteiger partial charge in [-0.1, -0.05) is 0 Å². The molecule has 0 radical (unpaired) electrons. The molecule has 1 aliphatic carbocycles. The average molecular weight is 214 g/mol. The van der Waals surface area contributed by atoms with Crippen molar-refractivity contribution < 1.29 is 9.53 Å². The second-order valence-corrected chi connectivity index (χ2v) is 4.32. The van der Waals surface area contributed by atoms with E-state index in [-0.39, 0.29) is 5.91 Å². The number of carbonyl (C=O) groups is 1. The first-order valence-corrected chi connectivity index (χ1v) is 5.65. The zero-order valence-corrected chi connectivity index (χ0v) is 9.74. The minimum atomic E-state index is 0.178. The number of methoxy groups -OCH3 is 1. The molecule has 1 amide bonds. The Morgan fingerprint density at radius 2 is 2.00 bits per heavy atom. The van der Waals surface area contributed by atoms with Crippen molar-refractivity contribution in [3.05, 3.63) is 0 Å². The first-order chi connectivity index (χ1) is 7.15. The van der Waals surface area contributed by atoms with Gasteiger partial charge in [0.2, 0.25) is 5.91 Å². The van der Waals surface area contributed by atoms with E-state index in [1.807, 2.05) is 11.9 Å². The van der Waals surface area contributed by atoms with E-state index >= 15 is 0 Å². The lowest BCUT2D eigenvalue weighted by molar-refractivity contribution is -0.133. The molecule has 1 saturated carbocycles. The van der Waals surface area contributed by atoms with Gasteiger partial charge >= 0.3 is 0 Å². The second kappa shape index (κ2) is 6.08. The van der Waals surface area contributed by atoms with Crippen molar-refractivity contribution in [2.75, 3.05) is 20.8 Å². The molecule has 0 saturated heterocycles. The normalized spacial score (nSPS) is 26.3. The zero-order valence-electron chi connectivity index (χ0n) is 9.74. The number of carbonyl (C=O) groups excluding carboxylic acids is 1. The van der Waals surface area contributed by atoms with Crippen LogP contribution < -0.4 is 5.73 Å². The largest absolute Gasteiger partial charge is 0.384 e. The predicted octanol–water partition coefficient (Wildman–Crippen LogP) is 0.751. The zero-order chi connectivity index (χ0) is 11.3. The molecule has 0 aliphatic heterocycles. The van der Waals surface area contributed by atoms with Gasteiger partial charge in [-0.3, -0.25) is 4.79 Å². The highest BCUT2D eigenvalue weighted by molar-refractivity contribution is 5.76. The highest BCUT2D eigenvalue weighted by atomic mass is 16.5. The molecule has 0 aromatic rings. The van der Waals surface area contributed by atoms with Gasteiger partial charge in [0, 0.05) is 26.2 Å². The van der Waals surface area contributed by atoms with Crippen LogP contribution in [-0.4, -0.2) is 43.7 Å². The van der Waals surface area contributed by atoms with Crippen LogP contribution in [-0.2, 0) is 9.53 Å². The minimum absolute atomic E-state index is 0.178. The fourth-order valence-corrected chi connectivity index (χ4v) is 2.06. The standard InChI is InChI=1S/C11H22N2O2/c1-13(11(14)7-8-15-2)10-5-3-9(12)4-6-10/h9-10H,3-8,12H2,1-2H3. The quantitative estimate of drug-likeness (QED) is 0.751. The lowest BCUT2D eigenvalue weighted by Crippen LogP contribution is -2.42. The van der Waals surface area contributed by atoms with Gasteiger partial charge in [0.05, 0.1) is 13.0 Å². The molecule has 0 unspecified atom stereocenters. The maximum Gasteiger partial charge on any atom is 0.224 e. The summed E-state index contributed by atoms with van der Waals surface area (Å²) in [5, 5.41) is 0. The lowest BCUT2D eigenvalue weighted by atomic mass is 9.91. The van der Waals surface area contributed by atoms with E-state index in [9.17, 15) is 4.79 Å². The summed E-state index contributed by atoms with van der Waals surface area (Å²) in [6.45, 7) is 0.509. The van der Waals surface area contributed by atoms with Crippen molar-refractivity contribution in [2.24, 2.45) is 5.73 Å². The first kappa shape index (κ1) is 12.5. The van der Waals surface area contributed by atoms with Crippen LogP contribution in [0.1, 0.15) is 32.1 Å². The Labute approximate surface area is 91.8 Å². The topological polar surface area (TPSA) is 55.6 Å². The van der Waals surface area contributed by atoms with Gasteiger partial charge < -0.3 is 15.4 Å². The summed E-state index contributed by atoms with van der Waals surface area (Å²) < 4.78 is 4.90. The van der Waals surface area contributed by atoms with Crippen LogP contribution in [0, 0.1) is 0 Å². The van der Waals surface area contributed by atoms with Crippen molar-refractivity contribution in [1.29, 1.82) is 0 Å². The van der Waals surface area contributed by atoms with Crippen molar-refractivity contribution in [2.45, 2.75) is 44.2 Å². The smallest absolute Gasteiger partial charge is 0.224 e. The summed E-state index contributed by atoms with van der Waals surface area (Å²) in [7, 11) is 3.51. The molecule has 2 N–H and O–H groups in total. The summed E-state index contributed by atoms with van der Waals surface area (Å²) in [4.78, 5) is 13.6. The molecule has 0 atom stereocenters. The van der Waals surface area contributed by atoms with E-state index < -0.39 is 0 Å². The maximum absolute atomic E-state index is 11.7. The van der Waals surface area contributed by atoms with Crippen LogP contribution in [0.4, 0.5) is 0 Å². The van der Waals surface area contributed by atoms with Crippen LogP contribution >= 0.6 is 0 Å². The molecular formula is C11H22N2O2. The van der Waals surface area contributed by atoms with Gasteiger partial charge in [-0.05, 0) is 25.7 Å². The molecule has 4 nitrogen and oxygen atoms in total. The predicted molar refractivity (Wildman–Crippen MR) is 59.5 cm³/mol. The fraction of sp³-hybridized carbons (Fsp3) is 0.909. The number of amides is 1. The molecule has 0 aromatic heterocycles. The Kier molecular flexibility index (Phi) is 5.05. The van der Waals surface area contributed by atoms with E-state index in [1.165, 1.54) is 0 Å². The first-order valence-electron chi connectivity index (χ1n) is 5.65. The molecule has 1 fully saturated rings. The van der Waals surface area contributed by atoms with E-state index in [0.717, 1.165) is 25.7 Å². The molecule has 0 spiro atoms.